The van der Waals surface area contributed by atoms with Gasteiger partial charge in [-0.2, -0.15) is 13.2 Å². The number of hydrogen-bond acceptors (Lipinski definition) is 4. The lowest BCUT2D eigenvalue weighted by Crippen LogP contribution is -2.19. The fourth-order valence-corrected chi connectivity index (χ4v) is 3.19. The van der Waals surface area contributed by atoms with Crippen LogP contribution in [0.3, 0.4) is 0 Å². The summed E-state index contributed by atoms with van der Waals surface area (Å²) in [6.45, 7) is 1.65. The Bertz CT molecular complexity index is 851. The van der Waals surface area contributed by atoms with Crippen molar-refractivity contribution in [1.82, 2.24) is 9.97 Å². The Kier molecular flexibility index (Phi) is 5.55. The molecule has 0 spiro atoms. The van der Waals surface area contributed by atoms with Crippen molar-refractivity contribution in [2.24, 2.45) is 0 Å². The molecule has 1 heterocycles. The molecule has 27 heavy (non-hydrogen) atoms. The third-order valence-electron chi connectivity index (χ3n) is 4.32. The van der Waals surface area contributed by atoms with Crippen LogP contribution in [0.15, 0.2) is 24.3 Å². The average Bonchev–Trinajstić information content (AvgIpc) is 3.08. The van der Waals surface area contributed by atoms with E-state index in [0.717, 1.165) is 43.9 Å². The molecule has 0 saturated heterocycles. The van der Waals surface area contributed by atoms with Gasteiger partial charge in [0.05, 0.1) is 16.3 Å². The summed E-state index contributed by atoms with van der Waals surface area (Å²) in [6, 6.07) is 4.54. The fourth-order valence-electron chi connectivity index (χ4n) is 3.02. The number of nitrogens with zero attached hydrogens (tertiary/aromatic N) is 2. The second-order valence-corrected chi connectivity index (χ2v) is 6.87. The van der Waals surface area contributed by atoms with Gasteiger partial charge in [-0.25, -0.2) is 9.97 Å². The minimum absolute atomic E-state index is 0.00596. The van der Waals surface area contributed by atoms with Gasteiger partial charge in [-0.15, -0.1) is 0 Å². The van der Waals surface area contributed by atoms with Gasteiger partial charge < -0.3 is 10.6 Å². The van der Waals surface area contributed by atoms with Crippen LogP contribution in [0.2, 0.25) is 5.02 Å². The van der Waals surface area contributed by atoms with Crippen molar-refractivity contribution in [3.8, 4) is 0 Å². The molecule has 1 aliphatic carbocycles. The summed E-state index contributed by atoms with van der Waals surface area (Å²) in [7, 11) is 0. The minimum Gasteiger partial charge on any atom is -0.367 e. The van der Waals surface area contributed by atoms with Crippen molar-refractivity contribution in [2.75, 3.05) is 10.6 Å². The molecule has 0 radical (unpaired) electrons. The van der Waals surface area contributed by atoms with Crippen LogP contribution in [-0.2, 0) is 6.18 Å². The van der Waals surface area contributed by atoms with E-state index in [9.17, 15) is 18.0 Å². The van der Waals surface area contributed by atoms with E-state index in [1.165, 1.54) is 6.07 Å². The van der Waals surface area contributed by atoms with E-state index in [-0.39, 0.29) is 16.4 Å². The smallest absolute Gasteiger partial charge is 0.367 e. The quantitative estimate of drug-likeness (QED) is 0.755. The van der Waals surface area contributed by atoms with Crippen molar-refractivity contribution in [3.63, 3.8) is 0 Å². The van der Waals surface area contributed by atoms with Gasteiger partial charge in [0.15, 0.2) is 0 Å². The number of carbonyl (C=O) groups is 1. The van der Waals surface area contributed by atoms with Crippen molar-refractivity contribution >= 4 is 29.0 Å². The van der Waals surface area contributed by atoms with E-state index in [1.54, 1.807) is 6.92 Å². The summed E-state index contributed by atoms with van der Waals surface area (Å²) in [4.78, 5) is 20.9. The van der Waals surface area contributed by atoms with E-state index in [4.69, 9.17) is 11.6 Å². The van der Waals surface area contributed by atoms with Crippen molar-refractivity contribution in [3.05, 3.63) is 46.4 Å². The first-order chi connectivity index (χ1) is 12.7. The molecule has 3 rings (SSSR count). The van der Waals surface area contributed by atoms with Crippen LogP contribution >= 0.6 is 11.6 Å². The zero-order valence-electron chi connectivity index (χ0n) is 14.5. The SMILES string of the molecule is Cc1nc(NC2CCCC2)cc(C(=O)Nc2cc(C(F)(F)F)ccc2Cl)n1. The molecule has 2 N–H and O–H groups in total. The summed E-state index contributed by atoms with van der Waals surface area (Å²) >= 11 is 5.93. The van der Waals surface area contributed by atoms with Crippen LogP contribution in [0.1, 0.15) is 47.6 Å². The summed E-state index contributed by atoms with van der Waals surface area (Å²) in [5.41, 5.74) is -0.973. The second kappa shape index (κ2) is 7.72. The Morgan fingerprint density at radius 1 is 1.19 bits per heavy atom. The summed E-state index contributed by atoms with van der Waals surface area (Å²) in [5, 5.41) is 5.68. The highest BCUT2D eigenvalue weighted by Gasteiger charge is 2.31. The van der Waals surface area contributed by atoms with Gasteiger partial charge in [-0.05, 0) is 38.0 Å². The monoisotopic (exact) mass is 398 g/mol. The van der Waals surface area contributed by atoms with E-state index in [0.29, 0.717) is 17.7 Å². The molecule has 0 bridgehead atoms. The number of nitrogens with one attached hydrogen (secondary N) is 2. The number of amides is 1. The standard InChI is InChI=1S/C18H18ClF3N4O/c1-10-23-15(9-16(24-10)25-12-4-2-3-5-12)17(27)26-14-8-11(18(20,21)22)6-7-13(14)19/h6-9,12H,2-5H2,1H3,(H,26,27)(H,23,24,25). The van der Waals surface area contributed by atoms with E-state index in [1.807, 2.05) is 0 Å². The highest BCUT2D eigenvalue weighted by atomic mass is 35.5. The van der Waals surface area contributed by atoms with E-state index in [2.05, 4.69) is 20.6 Å². The number of aromatic nitrogens is 2. The van der Waals surface area contributed by atoms with Crippen LogP contribution in [0.4, 0.5) is 24.7 Å². The molecule has 1 aromatic carbocycles. The highest BCUT2D eigenvalue weighted by Crippen LogP contribution is 2.34. The average molecular weight is 399 g/mol. The number of carbonyl (C=O) groups excluding carboxylic acids is 1. The highest BCUT2D eigenvalue weighted by molar-refractivity contribution is 6.33. The third-order valence-corrected chi connectivity index (χ3v) is 4.65. The summed E-state index contributed by atoms with van der Waals surface area (Å²) < 4.78 is 38.6. The number of benzene rings is 1. The van der Waals surface area contributed by atoms with Crippen molar-refractivity contribution < 1.29 is 18.0 Å². The molecule has 1 amide bonds. The number of hydrogen-bond donors (Lipinski definition) is 2. The molecule has 0 unspecified atom stereocenters. The number of rotatable bonds is 4. The maximum Gasteiger partial charge on any atom is 0.416 e. The molecule has 5 nitrogen and oxygen atoms in total. The van der Waals surface area contributed by atoms with Gasteiger partial charge >= 0.3 is 6.18 Å². The van der Waals surface area contributed by atoms with Crippen LogP contribution in [0.25, 0.3) is 0 Å². The van der Waals surface area contributed by atoms with Gasteiger partial charge in [0.25, 0.3) is 5.91 Å². The largest absolute Gasteiger partial charge is 0.416 e. The van der Waals surface area contributed by atoms with Crippen LogP contribution in [0, 0.1) is 6.92 Å². The molecule has 0 atom stereocenters. The first-order valence-corrected chi connectivity index (χ1v) is 8.90. The normalized spacial score (nSPS) is 15.0. The van der Waals surface area contributed by atoms with Crippen LogP contribution in [-0.4, -0.2) is 21.9 Å². The number of alkyl halides is 3. The van der Waals surface area contributed by atoms with Crippen molar-refractivity contribution in [1.29, 1.82) is 0 Å². The predicted molar refractivity (Wildman–Crippen MR) is 97.1 cm³/mol. The van der Waals surface area contributed by atoms with Gasteiger partial charge in [0, 0.05) is 12.1 Å². The summed E-state index contributed by atoms with van der Waals surface area (Å²) in [6.07, 6.45) is -0.185. The zero-order valence-corrected chi connectivity index (χ0v) is 15.3. The lowest BCUT2D eigenvalue weighted by atomic mass is 10.2. The molecule has 2 aromatic rings. The van der Waals surface area contributed by atoms with Crippen molar-refractivity contribution in [2.45, 2.75) is 44.8 Å². The molecule has 1 aliphatic rings. The zero-order chi connectivity index (χ0) is 19.6. The molecular weight excluding hydrogens is 381 g/mol. The number of anilines is 2. The first kappa shape index (κ1) is 19.4. The Hall–Kier alpha value is -2.35. The van der Waals surface area contributed by atoms with Crippen LogP contribution < -0.4 is 10.6 Å². The molecule has 1 saturated carbocycles. The fraction of sp³-hybridized carbons (Fsp3) is 0.389. The van der Waals surface area contributed by atoms with Gasteiger partial charge in [0.2, 0.25) is 0 Å². The minimum atomic E-state index is -4.53. The Labute approximate surface area is 159 Å². The molecule has 1 aromatic heterocycles. The number of halogens is 4. The molecular formula is C18H18ClF3N4O. The van der Waals surface area contributed by atoms with E-state index >= 15 is 0 Å². The lowest BCUT2D eigenvalue weighted by molar-refractivity contribution is -0.137. The first-order valence-electron chi connectivity index (χ1n) is 8.53. The van der Waals surface area contributed by atoms with E-state index < -0.39 is 17.6 Å². The van der Waals surface area contributed by atoms with Gasteiger partial charge in [-0.3, -0.25) is 4.79 Å². The Balaban J connectivity index is 1.81. The van der Waals surface area contributed by atoms with Crippen LogP contribution in [0.5, 0.6) is 0 Å². The summed E-state index contributed by atoms with van der Waals surface area (Å²) in [5.74, 6) is 0.254. The Morgan fingerprint density at radius 3 is 2.56 bits per heavy atom. The Morgan fingerprint density at radius 2 is 1.89 bits per heavy atom. The topological polar surface area (TPSA) is 66.9 Å². The maximum atomic E-state index is 12.9. The molecule has 0 aliphatic heterocycles. The third kappa shape index (κ3) is 4.88. The van der Waals surface area contributed by atoms with Gasteiger partial charge in [-0.1, -0.05) is 24.4 Å². The van der Waals surface area contributed by atoms with Gasteiger partial charge in [0.1, 0.15) is 17.3 Å². The molecule has 1 fully saturated rings. The second-order valence-electron chi connectivity index (χ2n) is 6.46. The molecule has 9 heteroatoms. The molecule has 144 valence electrons. The number of aryl methyl sites for hydroxylation is 1. The predicted octanol–water partition coefficient (Wildman–Crippen LogP) is 5.06. The maximum absolute atomic E-state index is 12.9. The lowest BCUT2D eigenvalue weighted by Gasteiger charge is -2.14.